The van der Waals surface area contributed by atoms with Crippen molar-refractivity contribution >= 4 is 45.8 Å². The van der Waals surface area contributed by atoms with Crippen molar-refractivity contribution in [1.82, 2.24) is 9.55 Å². The van der Waals surface area contributed by atoms with Crippen LogP contribution in [0.5, 0.6) is 0 Å². The molecule has 2 heterocycles. The average molecular weight is 371 g/mol. The number of nitrogens with zero attached hydrogens (tertiary/aromatic N) is 3. The van der Waals surface area contributed by atoms with Crippen LogP contribution in [0.4, 0.5) is 0 Å². The van der Waals surface area contributed by atoms with Crippen molar-refractivity contribution in [3.63, 3.8) is 0 Å². The van der Waals surface area contributed by atoms with Crippen LogP contribution in [0.25, 0.3) is 11.0 Å². The van der Waals surface area contributed by atoms with Gasteiger partial charge in [0.15, 0.2) is 5.15 Å². The topological polar surface area (TPSA) is 41.6 Å². The number of hydrogen-bond donors (Lipinski definition) is 0. The van der Waals surface area contributed by atoms with Gasteiger partial charge in [-0.25, -0.2) is 4.98 Å². The standard InChI is InChI=1S/C17H18Cl3N3/c18-8-4-1-5-9-23-13-7-3-2-6-11(13)14-12(10-21)15(19)16(20)22-17(14)23/h1-9H2. The van der Waals surface area contributed by atoms with Gasteiger partial charge < -0.3 is 4.57 Å². The summed E-state index contributed by atoms with van der Waals surface area (Å²) in [7, 11) is 0. The van der Waals surface area contributed by atoms with Crippen molar-refractivity contribution in [3.8, 4) is 6.07 Å². The predicted molar refractivity (Wildman–Crippen MR) is 95.7 cm³/mol. The first-order valence-electron chi connectivity index (χ1n) is 8.04. The molecule has 2 aromatic heterocycles. The summed E-state index contributed by atoms with van der Waals surface area (Å²) in [5, 5.41) is 11.0. The maximum Gasteiger partial charge on any atom is 0.151 e. The molecule has 0 spiro atoms. The molecule has 1 aliphatic carbocycles. The van der Waals surface area contributed by atoms with E-state index in [-0.39, 0.29) is 10.2 Å². The first-order chi connectivity index (χ1) is 11.2. The normalized spacial score (nSPS) is 14.0. The molecule has 0 aliphatic heterocycles. The summed E-state index contributed by atoms with van der Waals surface area (Å²) in [6.45, 7) is 0.887. The molecular weight excluding hydrogens is 353 g/mol. The van der Waals surface area contributed by atoms with Gasteiger partial charge in [0.2, 0.25) is 0 Å². The summed E-state index contributed by atoms with van der Waals surface area (Å²) in [5.74, 6) is 0.697. The third-order valence-corrected chi connectivity index (χ3v) is 5.53. The molecule has 122 valence electrons. The molecular formula is C17H18Cl3N3. The Morgan fingerprint density at radius 1 is 1.13 bits per heavy atom. The lowest BCUT2D eigenvalue weighted by Gasteiger charge is -2.15. The second kappa shape index (κ2) is 7.30. The third-order valence-electron chi connectivity index (χ3n) is 4.53. The van der Waals surface area contributed by atoms with E-state index in [2.05, 4.69) is 15.6 Å². The Bertz CT molecular complexity index is 774. The Balaban J connectivity index is 2.15. The van der Waals surface area contributed by atoms with E-state index in [1.807, 2.05) is 0 Å². The van der Waals surface area contributed by atoms with Crippen molar-refractivity contribution in [2.24, 2.45) is 0 Å². The van der Waals surface area contributed by atoms with Crippen LogP contribution < -0.4 is 0 Å². The number of pyridine rings is 1. The van der Waals surface area contributed by atoms with E-state index >= 15 is 0 Å². The van der Waals surface area contributed by atoms with Crippen LogP contribution in [0, 0.1) is 11.3 Å². The van der Waals surface area contributed by atoms with Gasteiger partial charge in [-0.15, -0.1) is 11.6 Å². The molecule has 0 fully saturated rings. The van der Waals surface area contributed by atoms with E-state index in [0.29, 0.717) is 11.4 Å². The summed E-state index contributed by atoms with van der Waals surface area (Å²) in [5.41, 5.74) is 3.83. The molecule has 3 nitrogen and oxygen atoms in total. The van der Waals surface area contributed by atoms with E-state index in [9.17, 15) is 5.26 Å². The van der Waals surface area contributed by atoms with Gasteiger partial charge in [0.05, 0.1) is 10.6 Å². The maximum absolute atomic E-state index is 9.55. The lowest BCUT2D eigenvalue weighted by atomic mass is 9.94. The summed E-state index contributed by atoms with van der Waals surface area (Å²) >= 11 is 18.2. The summed E-state index contributed by atoms with van der Waals surface area (Å²) < 4.78 is 2.25. The fraction of sp³-hybridized carbons (Fsp3) is 0.529. The van der Waals surface area contributed by atoms with Crippen molar-refractivity contribution in [1.29, 1.82) is 5.26 Å². The fourth-order valence-electron chi connectivity index (χ4n) is 3.48. The Labute approximate surface area is 151 Å². The number of nitriles is 1. The van der Waals surface area contributed by atoms with Gasteiger partial charge in [-0.05, 0) is 44.1 Å². The van der Waals surface area contributed by atoms with E-state index in [0.717, 1.165) is 56.1 Å². The summed E-state index contributed by atoms with van der Waals surface area (Å²) in [4.78, 5) is 4.51. The number of aryl methyl sites for hydroxylation is 2. The van der Waals surface area contributed by atoms with Crippen molar-refractivity contribution in [2.75, 3.05) is 5.88 Å². The molecule has 0 atom stereocenters. The Morgan fingerprint density at radius 2 is 1.91 bits per heavy atom. The number of rotatable bonds is 5. The van der Waals surface area contributed by atoms with E-state index < -0.39 is 0 Å². The highest BCUT2D eigenvalue weighted by Gasteiger charge is 2.25. The zero-order valence-corrected chi connectivity index (χ0v) is 15.1. The molecule has 6 heteroatoms. The Kier molecular flexibility index (Phi) is 5.36. The van der Waals surface area contributed by atoms with Gasteiger partial charge in [-0.2, -0.15) is 5.26 Å². The highest BCUT2D eigenvalue weighted by Crippen LogP contribution is 2.38. The SMILES string of the molecule is N#Cc1c(Cl)c(Cl)nc2c1c1c(n2CCCCCCl)CCCC1. The van der Waals surface area contributed by atoms with E-state index in [4.69, 9.17) is 34.8 Å². The lowest BCUT2D eigenvalue weighted by Crippen LogP contribution is -2.09. The van der Waals surface area contributed by atoms with Crippen molar-refractivity contribution in [3.05, 3.63) is 27.0 Å². The molecule has 0 amide bonds. The van der Waals surface area contributed by atoms with Gasteiger partial charge in [-0.3, -0.25) is 0 Å². The quantitative estimate of drug-likeness (QED) is 0.396. The first-order valence-corrected chi connectivity index (χ1v) is 9.33. The van der Waals surface area contributed by atoms with Crippen molar-refractivity contribution < 1.29 is 0 Å². The largest absolute Gasteiger partial charge is 0.329 e. The zero-order valence-electron chi connectivity index (χ0n) is 12.8. The highest BCUT2D eigenvalue weighted by molar-refractivity contribution is 6.42. The van der Waals surface area contributed by atoms with Gasteiger partial charge in [0, 0.05) is 23.5 Å². The molecule has 0 aromatic carbocycles. The van der Waals surface area contributed by atoms with Crippen LogP contribution in [-0.4, -0.2) is 15.4 Å². The molecule has 2 aromatic rings. The van der Waals surface area contributed by atoms with Crippen LogP contribution in [0.1, 0.15) is 48.9 Å². The smallest absolute Gasteiger partial charge is 0.151 e. The molecule has 0 N–H and O–H groups in total. The molecule has 3 rings (SSSR count). The summed E-state index contributed by atoms with van der Waals surface area (Å²) in [6.07, 6.45) is 7.48. The molecule has 0 radical (unpaired) electrons. The van der Waals surface area contributed by atoms with Crippen molar-refractivity contribution in [2.45, 2.75) is 51.5 Å². The minimum absolute atomic E-state index is 0.215. The number of aromatic nitrogens is 2. The maximum atomic E-state index is 9.55. The van der Waals surface area contributed by atoms with Crippen LogP contribution in [0.3, 0.4) is 0 Å². The molecule has 0 saturated carbocycles. The number of fused-ring (bicyclic) bond motifs is 3. The second-order valence-corrected chi connectivity index (χ2v) is 7.05. The number of hydrogen-bond acceptors (Lipinski definition) is 2. The minimum Gasteiger partial charge on any atom is -0.329 e. The first kappa shape index (κ1) is 16.9. The van der Waals surface area contributed by atoms with Gasteiger partial charge in [-0.1, -0.05) is 29.6 Å². The number of halogens is 3. The zero-order chi connectivity index (χ0) is 16.4. The average Bonchev–Trinajstić information content (AvgIpc) is 2.86. The van der Waals surface area contributed by atoms with Crippen LogP contribution in [0.15, 0.2) is 0 Å². The van der Waals surface area contributed by atoms with Crippen LogP contribution >= 0.6 is 34.8 Å². The van der Waals surface area contributed by atoms with E-state index in [1.165, 1.54) is 17.7 Å². The van der Waals surface area contributed by atoms with E-state index in [1.54, 1.807) is 0 Å². The van der Waals surface area contributed by atoms with Crippen LogP contribution in [-0.2, 0) is 19.4 Å². The van der Waals surface area contributed by atoms with Gasteiger partial charge >= 0.3 is 0 Å². The summed E-state index contributed by atoms with van der Waals surface area (Å²) in [6, 6.07) is 2.23. The lowest BCUT2D eigenvalue weighted by molar-refractivity contribution is 0.570. The molecule has 0 saturated heterocycles. The molecule has 1 aliphatic rings. The molecule has 0 unspecified atom stereocenters. The third kappa shape index (κ3) is 3.05. The Hall–Kier alpha value is -0.950. The number of unbranched alkanes of at least 4 members (excludes halogenated alkanes) is 2. The highest BCUT2D eigenvalue weighted by atomic mass is 35.5. The van der Waals surface area contributed by atoms with Crippen LogP contribution in [0.2, 0.25) is 10.2 Å². The minimum atomic E-state index is 0.215. The fourth-order valence-corrected chi connectivity index (χ4v) is 4.02. The van der Waals surface area contributed by atoms with Gasteiger partial charge in [0.1, 0.15) is 11.7 Å². The molecule has 23 heavy (non-hydrogen) atoms. The predicted octanol–water partition coefficient (Wildman–Crippen LogP) is 5.50. The monoisotopic (exact) mass is 369 g/mol. The molecule has 0 bridgehead atoms. The Morgan fingerprint density at radius 3 is 2.65 bits per heavy atom. The van der Waals surface area contributed by atoms with Gasteiger partial charge in [0.25, 0.3) is 0 Å². The second-order valence-electron chi connectivity index (χ2n) is 5.94. The number of alkyl halides is 1.